The summed E-state index contributed by atoms with van der Waals surface area (Å²) in [6.45, 7) is 2.01. The van der Waals surface area contributed by atoms with Gasteiger partial charge in [-0.25, -0.2) is 14.4 Å². The number of nitrogens with zero attached hydrogens (tertiary/aromatic N) is 2. The van der Waals surface area contributed by atoms with Crippen molar-refractivity contribution in [1.29, 1.82) is 0 Å². The van der Waals surface area contributed by atoms with E-state index in [0.29, 0.717) is 5.16 Å². The molecule has 2 aromatic rings. The van der Waals surface area contributed by atoms with Crippen molar-refractivity contribution in [3.63, 3.8) is 0 Å². The van der Waals surface area contributed by atoms with Crippen LogP contribution in [0.3, 0.4) is 0 Å². The van der Waals surface area contributed by atoms with Crippen molar-refractivity contribution in [2.45, 2.75) is 18.1 Å². The van der Waals surface area contributed by atoms with Crippen LogP contribution in [0.15, 0.2) is 35.5 Å². The number of rotatable bonds is 5. The third-order valence-electron chi connectivity index (χ3n) is 2.88. The molecule has 0 saturated carbocycles. The van der Waals surface area contributed by atoms with Gasteiger partial charge in [0.1, 0.15) is 17.5 Å². The molecule has 0 fully saturated rings. The molecule has 0 bridgehead atoms. The fraction of sp³-hybridized carbons (Fsp3) is 0.286. The maximum atomic E-state index is 12.9. The van der Waals surface area contributed by atoms with Gasteiger partial charge in [0.05, 0.1) is 0 Å². The molecule has 0 spiro atoms. The van der Waals surface area contributed by atoms with E-state index >= 15 is 0 Å². The standard InChI is InChI=1S/C14H17FN4S/c1-9(10-4-6-11(15)7-5-10)17-13-8-12(16-2)18-14(19-13)20-3/h4-9H,1-3H3,(H2,16,17,18,19). The molecule has 0 aliphatic rings. The lowest BCUT2D eigenvalue weighted by molar-refractivity contribution is 0.626. The Hall–Kier alpha value is -1.82. The van der Waals surface area contributed by atoms with Gasteiger partial charge in [0.2, 0.25) is 0 Å². The van der Waals surface area contributed by atoms with Crippen LogP contribution in [0.25, 0.3) is 0 Å². The molecule has 1 heterocycles. The summed E-state index contributed by atoms with van der Waals surface area (Å²) in [5, 5.41) is 7.01. The minimum Gasteiger partial charge on any atom is -0.373 e. The quantitative estimate of drug-likeness (QED) is 0.652. The van der Waals surface area contributed by atoms with E-state index in [1.165, 1.54) is 23.9 Å². The SMILES string of the molecule is CNc1cc(NC(C)c2ccc(F)cc2)nc(SC)n1. The molecule has 4 nitrogen and oxygen atoms in total. The first-order valence-corrected chi connectivity index (χ1v) is 7.47. The molecule has 6 heteroatoms. The topological polar surface area (TPSA) is 49.8 Å². The van der Waals surface area contributed by atoms with Crippen LogP contribution in [0.1, 0.15) is 18.5 Å². The summed E-state index contributed by atoms with van der Waals surface area (Å²) >= 11 is 1.49. The van der Waals surface area contributed by atoms with Crippen LogP contribution in [0, 0.1) is 5.82 Å². The highest BCUT2D eigenvalue weighted by Gasteiger charge is 2.08. The summed E-state index contributed by atoms with van der Waals surface area (Å²) < 4.78 is 12.9. The fourth-order valence-corrected chi connectivity index (χ4v) is 2.15. The number of thioether (sulfide) groups is 1. The Labute approximate surface area is 122 Å². The van der Waals surface area contributed by atoms with Gasteiger partial charge < -0.3 is 10.6 Å². The molecule has 0 saturated heterocycles. The second-order valence-corrected chi connectivity index (χ2v) is 5.07. The molecule has 2 N–H and O–H groups in total. The molecule has 1 unspecified atom stereocenters. The average molecular weight is 292 g/mol. The third kappa shape index (κ3) is 3.60. The molecular weight excluding hydrogens is 275 g/mol. The van der Waals surface area contributed by atoms with Crippen molar-refractivity contribution in [2.24, 2.45) is 0 Å². The van der Waals surface area contributed by atoms with Crippen molar-refractivity contribution in [2.75, 3.05) is 23.9 Å². The minimum atomic E-state index is -0.231. The maximum absolute atomic E-state index is 12.9. The van der Waals surface area contributed by atoms with Gasteiger partial charge in [-0.05, 0) is 30.9 Å². The van der Waals surface area contributed by atoms with Crippen LogP contribution in [0.4, 0.5) is 16.0 Å². The monoisotopic (exact) mass is 292 g/mol. The smallest absolute Gasteiger partial charge is 0.191 e. The van der Waals surface area contributed by atoms with Gasteiger partial charge in [0.15, 0.2) is 5.16 Å². The summed E-state index contributed by atoms with van der Waals surface area (Å²) in [6.07, 6.45) is 1.93. The third-order valence-corrected chi connectivity index (χ3v) is 3.43. The highest BCUT2D eigenvalue weighted by molar-refractivity contribution is 7.98. The van der Waals surface area contributed by atoms with Crippen LogP contribution >= 0.6 is 11.8 Å². The zero-order valence-corrected chi connectivity index (χ0v) is 12.5. The second kappa shape index (κ2) is 6.56. The Morgan fingerprint density at radius 2 is 1.80 bits per heavy atom. The van der Waals surface area contributed by atoms with E-state index < -0.39 is 0 Å². The van der Waals surface area contributed by atoms with Crippen molar-refractivity contribution < 1.29 is 4.39 Å². The first kappa shape index (κ1) is 14.6. The summed E-state index contributed by atoms with van der Waals surface area (Å²) in [5.41, 5.74) is 1.00. The molecule has 1 atom stereocenters. The highest BCUT2D eigenvalue weighted by atomic mass is 32.2. The van der Waals surface area contributed by atoms with Crippen LogP contribution in [-0.2, 0) is 0 Å². The molecule has 0 radical (unpaired) electrons. The van der Waals surface area contributed by atoms with E-state index in [1.807, 2.05) is 26.3 Å². The normalized spacial score (nSPS) is 12.0. The molecule has 0 amide bonds. The first-order valence-electron chi connectivity index (χ1n) is 6.25. The summed E-state index contributed by atoms with van der Waals surface area (Å²) in [7, 11) is 1.82. The zero-order valence-electron chi connectivity index (χ0n) is 11.6. The Morgan fingerprint density at radius 1 is 1.15 bits per heavy atom. The molecule has 2 rings (SSSR count). The van der Waals surface area contributed by atoms with Gasteiger partial charge in [0.25, 0.3) is 0 Å². The average Bonchev–Trinajstić information content (AvgIpc) is 2.47. The summed E-state index contributed by atoms with van der Waals surface area (Å²) in [5.74, 6) is 1.27. The van der Waals surface area contributed by atoms with Crippen molar-refractivity contribution >= 4 is 23.4 Å². The number of halogens is 1. The maximum Gasteiger partial charge on any atom is 0.191 e. The van der Waals surface area contributed by atoms with E-state index in [-0.39, 0.29) is 11.9 Å². The Bertz CT molecular complexity index is 552. The lowest BCUT2D eigenvalue weighted by Crippen LogP contribution is -2.09. The Balaban J connectivity index is 2.18. The second-order valence-electron chi connectivity index (χ2n) is 4.29. The predicted molar refractivity (Wildman–Crippen MR) is 81.8 cm³/mol. The van der Waals surface area contributed by atoms with E-state index in [9.17, 15) is 4.39 Å². The van der Waals surface area contributed by atoms with E-state index in [4.69, 9.17) is 0 Å². The number of hydrogen-bond acceptors (Lipinski definition) is 5. The highest BCUT2D eigenvalue weighted by Crippen LogP contribution is 2.22. The summed E-state index contributed by atoms with van der Waals surface area (Å²) in [4.78, 5) is 8.72. The van der Waals surface area contributed by atoms with Crippen molar-refractivity contribution in [3.05, 3.63) is 41.7 Å². The number of anilines is 2. The number of nitrogens with one attached hydrogen (secondary N) is 2. The molecular formula is C14H17FN4S. The number of aromatic nitrogens is 2. The molecule has 1 aromatic carbocycles. The Morgan fingerprint density at radius 3 is 2.40 bits per heavy atom. The molecule has 0 aliphatic carbocycles. The van der Waals surface area contributed by atoms with Gasteiger partial charge in [0, 0.05) is 19.2 Å². The van der Waals surface area contributed by atoms with E-state index in [1.54, 1.807) is 12.1 Å². The first-order chi connectivity index (χ1) is 9.62. The minimum absolute atomic E-state index is 0.0323. The molecule has 0 aliphatic heterocycles. The zero-order chi connectivity index (χ0) is 14.5. The van der Waals surface area contributed by atoms with Crippen LogP contribution in [-0.4, -0.2) is 23.3 Å². The van der Waals surface area contributed by atoms with Crippen molar-refractivity contribution in [3.8, 4) is 0 Å². The Kier molecular flexibility index (Phi) is 4.79. The van der Waals surface area contributed by atoms with Gasteiger partial charge in [-0.15, -0.1) is 0 Å². The van der Waals surface area contributed by atoms with E-state index in [2.05, 4.69) is 20.6 Å². The largest absolute Gasteiger partial charge is 0.373 e. The van der Waals surface area contributed by atoms with Crippen LogP contribution in [0.2, 0.25) is 0 Å². The molecule has 20 heavy (non-hydrogen) atoms. The van der Waals surface area contributed by atoms with Crippen LogP contribution < -0.4 is 10.6 Å². The van der Waals surface area contributed by atoms with Gasteiger partial charge in [-0.3, -0.25) is 0 Å². The number of hydrogen-bond donors (Lipinski definition) is 2. The van der Waals surface area contributed by atoms with Gasteiger partial charge in [-0.1, -0.05) is 23.9 Å². The lowest BCUT2D eigenvalue weighted by Gasteiger charge is -2.16. The van der Waals surface area contributed by atoms with E-state index in [0.717, 1.165) is 17.2 Å². The fourth-order valence-electron chi connectivity index (χ4n) is 1.78. The van der Waals surface area contributed by atoms with Gasteiger partial charge >= 0.3 is 0 Å². The van der Waals surface area contributed by atoms with Crippen LogP contribution in [0.5, 0.6) is 0 Å². The predicted octanol–water partition coefficient (Wildman–Crippen LogP) is 3.55. The summed E-state index contributed by atoms with van der Waals surface area (Å²) in [6, 6.07) is 8.33. The molecule has 106 valence electrons. The number of benzene rings is 1. The molecule has 1 aromatic heterocycles. The lowest BCUT2D eigenvalue weighted by atomic mass is 10.1. The van der Waals surface area contributed by atoms with Gasteiger partial charge in [-0.2, -0.15) is 0 Å². The van der Waals surface area contributed by atoms with Crippen molar-refractivity contribution in [1.82, 2.24) is 9.97 Å².